The predicted octanol–water partition coefficient (Wildman–Crippen LogP) is 5.73. The van der Waals surface area contributed by atoms with E-state index in [1.165, 1.54) is 23.7 Å². The number of alkyl halides is 2. The molecule has 2 N–H and O–H groups in total. The van der Waals surface area contributed by atoms with Gasteiger partial charge in [-0.1, -0.05) is 12.1 Å². The molecule has 2 saturated carbocycles. The van der Waals surface area contributed by atoms with Gasteiger partial charge in [-0.2, -0.15) is 9.97 Å². The number of morpholine rings is 1. The Morgan fingerprint density at radius 2 is 1.76 bits per heavy atom. The van der Waals surface area contributed by atoms with E-state index in [0.717, 1.165) is 56.8 Å². The Morgan fingerprint density at radius 1 is 1.05 bits per heavy atom. The molecule has 0 radical (unpaired) electrons. The van der Waals surface area contributed by atoms with E-state index in [1.54, 1.807) is 24.3 Å². The zero-order valence-electron chi connectivity index (χ0n) is 24.3. The van der Waals surface area contributed by atoms with E-state index in [1.807, 2.05) is 13.0 Å². The summed E-state index contributed by atoms with van der Waals surface area (Å²) >= 11 is 0. The van der Waals surface area contributed by atoms with Crippen LogP contribution in [0.15, 0.2) is 42.2 Å². The number of halogens is 2. The average molecular weight is 582 g/mol. The first kappa shape index (κ1) is 28.8. The Balaban J connectivity index is 1.19. The molecule has 1 aromatic carbocycles. The van der Waals surface area contributed by atoms with E-state index in [-0.39, 0.29) is 5.82 Å². The Hall–Kier alpha value is -3.31. The number of nitrogens with zero attached hydrogens (tertiary/aromatic N) is 6. The second-order valence-corrected chi connectivity index (χ2v) is 12.0. The highest BCUT2D eigenvalue weighted by Gasteiger charge is 2.31. The number of anilines is 2. The Bertz CT molecular complexity index is 1380. The first-order chi connectivity index (χ1) is 20.5. The van der Waals surface area contributed by atoms with Crippen molar-refractivity contribution in [2.45, 2.75) is 57.9 Å². The summed E-state index contributed by atoms with van der Waals surface area (Å²) in [6, 6.07) is 9.46. The summed E-state index contributed by atoms with van der Waals surface area (Å²) in [6.07, 6.45) is 5.56. The molecule has 3 fully saturated rings. The SMILES string of the molecule is C/C(=C\O)CN(CC1CC1)[C@H]1CC[C@H](CNc2nc(N3CCOCC3)cc(-n3c(C(F)F)nc4ccccc43)n2)CC1. The number of fused-ring (bicyclic) bond motifs is 1. The molecule has 42 heavy (non-hydrogen) atoms. The Labute approximate surface area is 245 Å². The standard InChI is InChI=1S/C31H41F2N7O2/c1-21(20-41)18-39(19-23-6-7-23)24-10-8-22(9-11-24)17-34-31-36-27(38-12-14-42-15-13-38)16-28(37-31)40-26-5-3-2-4-25(26)35-30(40)29(32)33/h2-5,16,20,22-24,29,41H,6-15,17-19H2,1H3,(H,34,36,37)/b21-20+/t22-,24-. The molecule has 3 heterocycles. The van der Waals surface area contributed by atoms with Crippen molar-refractivity contribution in [2.75, 3.05) is 56.2 Å². The van der Waals surface area contributed by atoms with Crippen LogP contribution in [0.25, 0.3) is 16.9 Å². The van der Waals surface area contributed by atoms with Gasteiger partial charge >= 0.3 is 0 Å². The fraction of sp³-hybridized carbons (Fsp3) is 0.581. The minimum atomic E-state index is -2.75. The van der Waals surface area contributed by atoms with Gasteiger partial charge in [0.2, 0.25) is 5.95 Å². The molecule has 0 amide bonds. The Morgan fingerprint density at radius 3 is 2.48 bits per heavy atom. The number of aromatic nitrogens is 4. The molecule has 1 aliphatic heterocycles. The maximum Gasteiger partial charge on any atom is 0.296 e. The number of aliphatic hydroxyl groups excluding tert-OH is 1. The third-order valence-corrected chi connectivity index (χ3v) is 8.79. The average Bonchev–Trinajstić information content (AvgIpc) is 3.76. The van der Waals surface area contributed by atoms with E-state index >= 15 is 0 Å². The minimum absolute atomic E-state index is 0.325. The highest BCUT2D eigenvalue weighted by Crippen LogP contribution is 2.35. The number of benzene rings is 1. The van der Waals surface area contributed by atoms with Crippen molar-refractivity contribution in [2.24, 2.45) is 11.8 Å². The van der Waals surface area contributed by atoms with Crippen molar-refractivity contribution in [1.29, 1.82) is 0 Å². The molecule has 0 spiro atoms. The van der Waals surface area contributed by atoms with E-state index < -0.39 is 6.43 Å². The summed E-state index contributed by atoms with van der Waals surface area (Å²) < 4.78 is 35.3. The van der Waals surface area contributed by atoms with Crippen LogP contribution in [0.5, 0.6) is 0 Å². The normalized spacial score (nSPS) is 21.9. The van der Waals surface area contributed by atoms with Crippen molar-refractivity contribution >= 4 is 22.8 Å². The van der Waals surface area contributed by atoms with Crippen molar-refractivity contribution in [3.63, 3.8) is 0 Å². The molecule has 0 bridgehead atoms. The first-order valence-corrected chi connectivity index (χ1v) is 15.2. The molecule has 6 rings (SSSR count). The molecule has 1 saturated heterocycles. The zero-order chi connectivity index (χ0) is 29.1. The number of rotatable bonds is 11. The van der Waals surface area contributed by atoms with Crippen LogP contribution < -0.4 is 10.2 Å². The lowest BCUT2D eigenvalue weighted by atomic mass is 9.85. The molecule has 0 atom stereocenters. The summed E-state index contributed by atoms with van der Waals surface area (Å²) in [4.78, 5) is 18.5. The number of hydrogen-bond donors (Lipinski definition) is 2. The predicted molar refractivity (Wildman–Crippen MR) is 160 cm³/mol. The van der Waals surface area contributed by atoms with Gasteiger partial charge in [0.25, 0.3) is 6.43 Å². The number of ether oxygens (including phenoxy) is 1. The molecule has 11 heteroatoms. The lowest BCUT2D eigenvalue weighted by Crippen LogP contribution is -2.41. The van der Waals surface area contributed by atoms with Crippen LogP contribution in [-0.2, 0) is 4.74 Å². The smallest absolute Gasteiger partial charge is 0.296 e. The van der Waals surface area contributed by atoms with E-state index in [9.17, 15) is 13.9 Å². The third kappa shape index (κ3) is 6.67. The molecular weight excluding hydrogens is 540 g/mol. The van der Waals surface area contributed by atoms with Gasteiger partial charge in [-0.25, -0.2) is 13.8 Å². The van der Waals surface area contributed by atoms with Crippen LogP contribution in [0.3, 0.4) is 0 Å². The number of imidazole rings is 1. The van der Waals surface area contributed by atoms with Gasteiger partial charge in [-0.15, -0.1) is 0 Å². The Kier molecular flexibility index (Phi) is 8.85. The number of hydrogen-bond acceptors (Lipinski definition) is 8. The second-order valence-electron chi connectivity index (χ2n) is 12.0. The number of para-hydroxylation sites is 2. The van der Waals surface area contributed by atoms with Gasteiger partial charge < -0.3 is 20.1 Å². The monoisotopic (exact) mass is 581 g/mol. The van der Waals surface area contributed by atoms with Crippen molar-refractivity contribution in [3.8, 4) is 5.82 Å². The first-order valence-electron chi connectivity index (χ1n) is 15.2. The number of nitrogens with one attached hydrogen (secondary N) is 1. The fourth-order valence-electron chi connectivity index (χ4n) is 6.29. The summed E-state index contributed by atoms with van der Waals surface area (Å²) in [6.45, 7) is 7.19. The largest absolute Gasteiger partial charge is 0.516 e. The number of aliphatic hydroxyl groups is 1. The van der Waals surface area contributed by atoms with Gasteiger partial charge in [0, 0.05) is 44.8 Å². The van der Waals surface area contributed by atoms with Gasteiger partial charge in [0.15, 0.2) is 5.82 Å². The van der Waals surface area contributed by atoms with Crippen LogP contribution in [0.4, 0.5) is 20.5 Å². The summed E-state index contributed by atoms with van der Waals surface area (Å²) in [5.41, 5.74) is 2.10. The van der Waals surface area contributed by atoms with Crippen molar-refractivity contribution in [1.82, 2.24) is 24.4 Å². The van der Waals surface area contributed by atoms with E-state index in [0.29, 0.717) is 66.9 Å². The third-order valence-electron chi connectivity index (χ3n) is 8.79. The van der Waals surface area contributed by atoms with Crippen LogP contribution in [0.1, 0.15) is 57.7 Å². The quantitative estimate of drug-likeness (QED) is 0.277. The van der Waals surface area contributed by atoms with Crippen LogP contribution in [0, 0.1) is 11.8 Å². The van der Waals surface area contributed by atoms with Crippen molar-refractivity contribution in [3.05, 3.63) is 48.0 Å². The van der Waals surface area contributed by atoms with E-state index in [4.69, 9.17) is 14.7 Å². The summed E-state index contributed by atoms with van der Waals surface area (Å²) in [5.74, 6) is 2.46. The van der Waals surface area contributed by atoms with Gasteiger partial charge in [-0.05, 0) is 75.0 Å². The summed E-state index contributed by atoms with van der Waals surface area (Å²) in [7, 11) is 0. The minimum Gasteiger partial charge on any atom is -0.516 e. The zero-order valence-corrected chi connectivity index (χ0v) is 24.3. The van der Waals surface area contributed by atoms with Crippen molar-refractivity contribution < 1.29 is 18.6 Å². The van der Waals surface area contributed by atoms with Crippen LogP contribution >= 0.6 is 0 Å². The van der Waals surface area contributed by atoms with Gasteiger partial charge in [0.1, 0.15) is 11.6 Å². The lowest BCUT2D eigenvalue weighted by molar-refractivity contribution is 0.122. The highest BCUT2D eigenvalue weighted by molar-refractivity contribution is 5.78. The maximum absolute atomic E-state index is 14.2. The van der Waals surface area contributed by atoms with E-state index in [2.05, 4.69) is 20.1 Å². The molecule has 226 valence electrons. The maximum atomic E-state index is 14.2. The molecule has 3 aliphatic rings. The molecule has 2 aliphatic carbocycles. The molecule has 0 unspecified atom stereocenters. The molecule has 2 aromatic heterocycles. The van der Waals surface area contributed by atoms with Gasteiger partial charge in [-0.3, -0.25) is 9.47 Å². The van der Waals surface area contributed by atoms with Gasteiger partial charge in [0.05, 0.1) is 30.5 Å². The molecule has 3 aromatic rings. The lowest BCUT2D eigenvalue weighted by Gasteiger charge is -2.37. The highest BCUT2D eigenvalue weighted by atomic mass is 19.3. The summed E-state index contributed by atoms with van der Waals surface area (Å²) in [5, 5.41) is 12.9. The molecular formula is C31H41F2N7O2. The fourth-order valence-corrected chi connectivity index (χ4v) is 6.29. The second kappa shape index (κ2) is 12.9. The van der Waals surface area contributed by atoms with Crippen LogP contribution in [0.2, 0.25) is 0 Å². The van der Waals surface area contributed by atoms with Crippen LogP contribution in [-0.4, -0.2) is 81.5 Å². The molecule has 9 nitrogen and oxygen atoms in total. The topological polar surface area (TPSA) is 91.6 Å².